The summed E-state index contributed by atoms with van der Waals surface area (Å²) in [5, 5.41) is 0.464. The van der Waals surface area contributed by atoms with E-state index >= 15 is 0 Å². The third kappa shape index (κ3) is 1.87. The van der Waals surface area contributed by atoms with Gasteiger partial charge in [0.15, 0.2) is 0 Å². The lowest BCUT2D eigenvalue weighted by Crippen LogP contribution is -1.99. The molecule has 0 saturated carbocycles. The first-order chi connectivity index (χ1) is 8.25. The van der Waals surface area contributed by atoms with E-state index < -0.39 is 0 Å². The average Bonchev–Trinajstić information content (AvgIpc) is 2.81. The van der Waals surface area contributed by atoms with Gasteiger partial charge in [0.1, 0.15) is 5.82 Å². The largest absolute Gasteiger partial charge is 0.351 e. The van der Waals surface area contributed by atoms with Gasteiger partial charge in [-0.1, -0.05) is 17.7 Å². The maximum atomic E-state index is 13.4. The van der Waals surface area contributed by atoms with Crippen LogP contribution in [0.2, 0.25) is 5.02 Å². The standard InChI is InChI=1S/C12H8ClFN2S/c13-10-4-7(14)3-9-8(1-2-17-12(9)10)11-5-15-6-16-11/h1,3-6H,2H2,(H,15,16). The number of aromatic amines is 1. The molecule has 1 N–H and O–H groups in total. The Balaban J connectivity index is 2.20. The summed E-state index contributed by atoms with van der Waals surface area (Å²) in [4.78, 5) is 8.03. The number of nitrogens with zero attached hydrogens (tertiary/aromatic N) is 1. The molecule has 1 aliphatic rings. The topological polar surface area (TPSA) is 28.7 Å². The molecule has 0 spiro atoms. The second kappa shape index (κ2) is 4.20. The molecule has 0 bridgehead atoms. The molecule has 86 valence electrons. The van der Waals surface area contributed by atoms with Crippen molar-refractivity contribution >= 4 is 28.9 Å². The molecule has 3 rings (SSSR count). The molecule has 1 aliphatic heterocycles. The van der Waals surface area contributed by atoms with Crippen molar-refractivity contribution in [3.05, 3.63) is 52.8 Å². The van der Waals surface area contributed by atoms with Crippen LogP contribution in [0, 0.1) is 5.82 Å². The van der Waals surface area contributed by atoms with E-state index in [0.29, 0.717) is 5.02 Å². The average molecular weight is 267 g/mol. The van der Waals surface area contributed by atoms with Crippen molar-refractivity contribution in [3.63, 3.8) is 0 Å². The minimum Gasteiger partial charge on any atom is -0.351 e. The zero-order valence-electron chi connectivity index (χ0n) is 8.71. The van der Waals surface area contributed by atoms with E-state index in [0.717, 1.165) is 27.5 Å². The van der Waals surface area contributed by atoms with Gasteiger partial charge in [0.25, 0.3) is 0 Å². The molecule has 1 aromatic carbocycles. The minimum atomic E-state index is -0.322. The van der Waals surface area contributed by atoms with Gasteiger partial charge in [-0.15, -0.1) is 11.8 Å². The number of benzene rings is 1. The van der Waals surface area contributed by atoms with Gasteiger partial charge in [0.05, 0.1) is 17.0 Å². The summed E-state index contributed by atoms with van der Waals surface area (Å²) in [6.07, 6.45) is 5.45. The number of rotatable bonds is 1. The summed E-state index contributed by atoms with van der Waals surface area (Å²) >= 11 is 7.67. The highest BCUT2D eigenvalue weighted by atomic mass is 35.5. The van der Waals surface area contributed by atoms with Crippen molar-refractivity contribution in [1.82, 2.24) is 9.97 Å². The highest BCUT2D eigenvalue weighted by Crippen LogP contribution is 2.40. The molecule has 0 aliphatic carbocycles. The number of thioether (sulfide) groups is 1. The molecule has 1 aromatic heterocycles. The normalized spacial score (nSPS) is 14.4. The third-order valence-corrected chi connectivity index (χ3v) is 4.06. The number of halogens is 2. The second-order valence-electron chi connectivity index (χ2n) is 3.65. The smallest absolute Gasteiger partial charge is 0.125 e. The minimum absolute atomic E-state index is 0.322. The Morgan fingerprint density at radius 1 is 1.41 bits per heavy atom. The van der Waals surface area contributed by atoms with Crippen LogP contribution in [0.25, 0.3) is 5.57 Å². The number of hydrogen-bond acceptors (Lipinski definition) is 2. The van der Waals surface area contributed by atoms with Crippen LogP contribution < -0.4 is 0 Å². The highest BCUT2D eigenvalue weighted by Gasteiger charge is 2.19. The fourth-order valence-corrected chi connectivity index (χ4v) is 3.18. The van der Waals surface area contributed by atoms with Gasteiger partial charge in [-0.25, -0.2) is 9.37 Å². The Morgan fingerprint density at radius 2 is 2.29 bits per heavy atom. The summed E-state index contributed by atoms with van der Waals surface area (Å²) in [5.74, 6) is 0.498. The lowest BCUT2D eigenvalue weighted by molar-refractivity contribution is 0.626. The zero-order chi connectivity index (χ0) is 11.8. The molecule has 2 nitrogen and oxygen atoms in total. The maximum Gasteiger partial charge on any atom is 0.125 e. The number of H-pyrrole nitrogens is 1. The van der Waals surface area contributed by atoms with Gasteiger partial charge in [-0.3, -0.25) is 0 Å². The van der Waals surface area contributed by atoms with E-state index in [1.54, 1.807) is 24.3 Å². The monoisotopic (exact) mass is 266 g/mol. The second-order valence-corrected chi connectivity index (χ2v) is 5.09. The quantitative estimate of drug-likeness (QED) is 0.852. The van der Waals surface area contributed by atoms with Crippen LogP contribution in [0.15, 0.2) is 35.6 Å². The first kappa shape index (κ1) is 10.9. The number of nitrogens with one attached hydrogen (secondary N) is 1. The van der Waals surface area contributed by atoms with Crippen LogP contribution in [0.4, 0.5) is 4.39 Å². The lowest BCUT2D eigenvalue weighted by Gasteiger charge is -2.17. The summed E-state index contributed by atoms with van der Waals surface area (Å²) in [6.45, 7) is 0. The van der Waals surface area contributed by atoms with Crippen LogP contribution in [-0.4, -0.2) is 15.7 Å². The summed E-state index contributed by atoms with van der Waals surface area (Å²) < 4.78 is 13.4. The molecule has 0 unspecified atom stereocenters. The zero-order valence-corrected chi connectivity index (χ0v) is 10.3. The van der Waals surface area contributed by atoms with Gasteiger partial charge in [0, 0.05) is 28.0 Å². The summed E-state index contributed by atoms with van der Waals surface area (Å²) in [6, 6.07) is 2.86. The molecule has 0 saturated heterocycles. The van der Waals surface area contributed by atoms with Crippen LogP contribution in [0.1, 0.15) is 11.3 Å². The van der Waals surface area contributed by atoms with E-state index in [1.165, 1.54) is 12.1 Å². The molecule has 2 heterocycles. The van der Waals surface area contributed by atoms with Gasteiger partial charge in [-0.2, -0.15) is 0 Å². The molecular formula is C12H8ClFN2S. The van der Waals surface area contributed by atoms with Gasteiger partial charge in [-0.05, 0) is 12.1 Å². The van der Waals surface area contributed by atoms with Crippen molar-refractivity contribution in [2.24, 2.45) is 0 Å². The Kier molecular flexibility index (Phi) is 2.68. The summed E-state index contributed by atoms with van der Waals surface area (Å²) in [5.41, 5.74) is 2.56. The molecule has 2 aromatic rings. The van der Waals surface area contributed by atoms with Gasteiger partial charge in [0.2, 0.25) is 0 Å². The molecule has 0 radical (unpaired) electrons. The Bertz CT molecular complexity index is 593. The van der Waals surface area contributed by atoms with Crippen molar-refractivity contribution in [2.75, 3.05) is 5.75 Å². The number of hydrogen-bond donors (Lipinski definition) is 1. The van der Waals surface area contributed by atoms with E-state index in [-0.39, 0.29) is 5.82 Å². The molecule has 5 heteroatoms. The predicted molar refractivity (Wildman–Crippen MR) is 67.8 cm³/mol. The molecule has 0 fully saturated rings. The van der Waals surface area contributed by atoms with Crippen molar-refractivity contribution in [2.45, 2.75) is 4.90 Å². The SMILES string of the molecule is Fc1cc(Cl)c2c(c1)C(c1c[nH]cn1)=CCS2. The van der Waals surface area contributed by atoms with Crippen LogP contribution >= 0.6 is 23.4 Å². The maximum absolute atomic E-state index is 13.4. The summed E-state index contributed by atoms with van der Waals surface area (Å²) in [7, 11) is 0. The molecule has 17 heavy (non-hydrogen) atoms. The van der Waals surface area contributed by atoms with Crippen molar-refractivity contribution in [3.8, 4) is 0 Å². The van der Waals surface area contributed by atoms with Crippen molar-refractivity contribution < 1.29 is 4.39 Å². The number of fused-ring (bicyclic) bond motifs is 1. The van der Waals surface area contributed by atoms with E-state index in [2.05, 4.69) is 9.97 Å². The fourth-order valence-electron chi connectivity index (χ4n) is 1.88. The Morgan fingerprint density at radius 3 is 3.06 bits per heavy atom. The first-order valence-corrected chi connectivity index (χ1v) is 6.43. The van der Waals surface area contributed by atoms with Crippen molar-refractivity contribution in [1.29, 1.82) is 0 Å². The molecular weight excluding hydrogens is 259 g/mol. The Labute approximate surface area is 107 Å². The van der Waals surface area contributed by atoms with E-state index in [1.807, 2.05) is 6.08 Å². The third-order valence-electron chi connectivity index (χ3n) is 2.59. The first-order valence-electron chi connectivity index (χ1n) is 5.07. The van der Waals surface area contributed by atoms with Gasteiger partial charge < -0.3 is 4.98 Å². The van der Waals surface area contributed by atoms with Crippen LogP contribution in [0.5, 0.6) is 0 Å². The fraction of sp³-hybridized carbons (Fsp3) is 0.0833. The lowest BCUT2D eigenvalue weighted by atomic mass is 10.0. The van der Waals surface area contributed by atoms with Crippen LogP contribution in [0.3, 0.4) is 0 Å². The van der Waals surface area contributed by atoms with E-state index in [9.17, 15) is 4.39 Å². The molecule has 0 amide bonds. The Hall–Kier alpha value is -1.26. The highest BCUT2D eigenvalue weighted by molar-refractivity contribution is 7.99. The predicted octanol–water partition coefficient (Wildman–Crippen LogP) is 3.74. The van der Waals surface area contributed by atoms with Gasteiger partial charge >= 0.3 is 0 Å². The molecule has 0 atom stereocenters. The number of aromatic nitrogens is 2. The van der Waals surface area contributed by atoms with Crippen LogP contribution in [-0.2, 0) is 0 Å². The number of imidazole rings is 1. The van der Waals surface area contributed by atoms with E-state index in [4.69, 9.17) is 11.6 Å².